The molecule has 1 aromatic heterocycles. The van der Waals surface area contributed by atoms with Crippen LogP contribution in [0, 0.1) is 6.92 Å². The number of sulfonamides is 1. The number of anilines is 1. The van der Waals surface area contributed by atoms with E-state index in [1.807, 2.05) is 0 Å². The van der Waals surface area contributed by atoms with Crippen LogP contribution in [0.5, 0.6) is 0 Å². The van der Waals surface area contributed by atoms with Gasteiger partial charge in [0.25, 0.3) is 10.0 Å². The summed E-state index contributed by atoms with van der Waals surface area (Å²) >= 11 is 0. The van der Waals surface area contributed by atoms with Gasteiger partial charge in [-0.1, -0.05) is 24.3 Å². The van der Waals surface area contributed by atoms with Gasteiger partial charge in [-0.2, -0.15) is 0 Å². The van der Waals surface area contributed by atoms with Crippen molar-refractivity contribution in [2.75, 3.05) is 4.72 Å². The molecule has 0 aliphatic rings. The number of nitrogens with zero attached hydrogens (tertiary/aromatic N) is 1. The van der Waals surface area contributed by atoms with Crippen LogP contribution in [0.4, 0.5) is 5.82 Å². The minimum atomic E-state index is -3.79. The van der Waals surface area contributed by atoms with Gasteiger partial charge in [-0.3, -0.25) is 4.72 Å². The van der Waals surface area contributed by atoms with E-state index in [1.165, 1.54) is 24.3 Å². The van der Waals surface area contributed by atoms with E-state index in [0.717, 1.165) is 0 Å². The van der Waals surface area contributed by atoms with Gasteiger partial charge < -0.3 is 5.11 Å². The van der Waals surface area contributed by atoms with Gasteiger partial charge in [-0.15, -0.1) is 0 Å². The standard InChI is InChI=1S/C13H12N2O4S/c1-9-5-2-3-7-11(9)20(18,19)15-12-8-4-6-10(14-12)13(16)17/h2-8H,1H3,(H,14,15)(H,16,17). The number of benzene rings is 1. The second-order valence-electron chi connectivity index (χ2n) is 4.08. The highest BCUT2D eigenvalue weighted by molar-refractivity contribution is 7.92. The molecule has 0 amide bonds. The molecular formula is C13H12N2O4S. The lowest BCUT2D eigenvalue weighted by molar-refractivity contribution is 0.0690. The van der Waals surface area contributed by atoms with Crippen molar-refractivity contribution in [3.05, 3.63) is 53.7 Å². The van der Waals surface area contributed by atoms with Crippen molar-refractivity contribution in [3.63, 3.8) is 0 Å². The number of aryl methyl sites for hydroxylation is 1. The first-order valence-corrected chi connectivity index (χ1v) is 7.17. The Morgan fingerprint density at radius 1 is 1.15 bits per heavy atom. The number of nitrogens with one attached hydrogen (secondary N) is 1. The Hall–Kier alpha value is -2.41. The van der Waals surface area contributed by atoms with Crippen molar-refractivity contribution >= 4 is 21.8 Å². The predicted octanol–water partition coefficient (Wildman–Crippen LogP) is 1.89. The summed E-state index contributed by atoms with van der Waals surface area (Å²) in [6, 6.07) is 10.6. The Balaban J connectivity index is 2.36. The van der Waals surface area contributed by atoms with Crippen molar-refractivity contribution in [1.29, 1.82) is 0 Å². The van der Waals surface area contributed by atoms with E-state index in [4.69, 9.17) is 5.11 Å². The molecule has 7 heteroatoms. The smallest absolute Gasteiger partial charge is 0.354 e. The number of hydrogen-bond acceptors (Lipinski definition) is 4. The fraction of sp³-hybridized carbons (Fsp3) is 0.0769. The molecular weight excluding hydrogens is 280 g/mol. The number of rotatable bonds is 4. The molecule has 6 nitrogen and oxygen atoms in total. The maximum Gasteiger partial charge on any atom is 0.354 e. The van der Waals surface area contributed by atoms with Gasteiger partial charge in [-0.25, -0.2) is 18.2 Å². The molecule has 0 aliphatic heterocycles. The molecule has 1 heterocycles. The van der Waals surface area contributed by atoms with Crippen LogP contribution in [0.15, 0.2) is 47.4 Å². The highest BCUT2D eigenvalue weighted by Gasteiger charge is 2.17. The summed E-state index contributed by atoms with van der Waals surface area (Å²) in [7, 11) is -3.79. The van der Waals surface area contributed by atoms with E-state index < -0.39 is 16.0 Å². The van der Waals surface area contributed by atoms with Crippen LogP contribution in [0.2, 0.25) is 0 Å². The average Bonchev–Trinajstić information content (AvgIpc) is 2.38. The van der Waals surface area contributed by atoms with Gasteiger partial charge in [0.2, 0.25) is 0 Å². The molecule has 2 aromatic rings. The molecule has 2 rings (SSSR count). The largest absolute Gasteiger partial charge is 0.477 e. The molecule has 2 N–H and O–H groups in total. The number of carbonyl (C=O) groups is 1. The van der Waals surface area contributed by atoms with Crippen molar-refractivity contribution < 1.29 is 18.3 Å². The summed E-state index contributed by atoms with van der Waals surface area (Å²) in [6.07, 6.45) is 0. The Labute approximate surface area is 116 Å². The summed E-state index contributed by atoms with van der Waals surface area (Å²) in [5.41, 5.74) is 0.365. The third kappa shape index (κ3) is 2.94. The maximum atomic E-state index is 12.2. The summed E-state index contributed by atoms with van der Waals surface area (Å²) in [5, 5.41) is 8.83. The number of aromatic carboxylic acids is 1. The number of carboxylic acids is 1. The van der Waals surface area contributed by atoms with E-state index in [0.29, 0.717) is 5.56 Å². The van der Waals surface area contributed by atoms with Crippen molar-refractivity contribution in [2.24, 2.45) is 0 Å². The number of aromatic nitrogens is 1. The molecule has 0 unspecified atom stereocenters. The minimum Gasteiger partial charge on any atom is -0.477 e. The summed E-state index contributed by atoms with van der Waals surface area (Å²) in [6.45, 7) is 1.68. The first-order valence-electron chi connectivity index (χ1n) is 5.69. The van der Waals surface area contributed by atoms with Crippen LogP contribution in [0.1, 0.15) is 16.1 Å². The SMILES string of the molecule is Cc1ccccc1S(=O)(=O)Nc1cccc(C(=O)O)n1. The Morgan fingerprint density at radius 2 is 1.85 bits per heavy atom. The third-order valence-corrected chi connectivity index (χ3v) is 4.11. The fourth-order valence-electron chi connectivity index (χ4n) is 1.66. The van der Waals surface area contributed by atoms with Crippen molar-refractivity contribution in [3.8, 4) is 0 Å². The molecule has 0 spiro atoms. The molecule has 0 radical (unpaired) electrons. The molecule has 0 aliphatic carbocycles. The lowest BCUT2D eigenvalue weighted by atomic mass is 10.2. The second kappa shape index (κ2) is 5.30. The number of hydrogen-bond donors (Lipinski definition) is 2. The zero-order valence-electron chi connectivity index (χ0n) is 10.6. The van der Waals surface area contributed by atoms with Crippen LogP contribution in [0.3, 0.4) is 0 Å². The topological polar surface area (TPSA) is 96.4 Å². The van der Waals surface area contributed by atoms with E-state index in [9.17, 15) is 13.2 Å². The normalized spacial score (nSPS) is 11.1. The van der Waals surface area contributed by atoms with E-state index in [1.54, 1.807) is 25.1 Å². The first kappa shape index (κ1) is 14.0. The number of carboxylic acid groups (broad SMARTS) is 1. The fourth-order valence-corrected chi connectivity index (χ4v) is 2.91. The molecule has 0 saturated carbocycles. The van der Waals surface area contributed by atoms with Gasteiger partial charge in [0.1, 0.15) is 5.82 Å². The number of pyridine rings is 1. The Morgan fingerprint density at radius 3 is 2.50 bits per heavy atom. The summed E-state index contributed by atoms with van der Waals surface area (Å²) in [5.74, 6) is -1.25. The molecule has 20 heavy (non-hydrogen) atoms. The van der Waals surface area contributed by atoms with Gasteiger partial charge in [0, 0.05) is 0 Å². The Bertz CT molecular complexity index is 756. The third-order valence-electron chi connectivity index (χ3n) is 2.59. The molecule has 0 saturated heterocycles. The molecule has 0 atom stereocenters. The minimum absolute atomic E-state index is 0.0341. The van der Waals surface area contributed by atoms with Crippen LogP contribution in [-0.2, 0) is 10.0 Å². The van der Waals surface area contributed by atoms with Gasteiger partial charge in [0.05, 0.1) is 4.90 Å². The van der Waals surface area contributed by atoms with Crippen molar-refractivity contribution in [1.82, 2.24) is 4.98 Å². The van der Waals surface area contributed by atoms with E-state index in [-0.39, 0.29) is 16.4 Å². The van der Waals surface area contributed by atoms with Crippen LogP contribution in [0.25, 0.3) is 0 Å². The monoisotopic (exact) mass is 292 g/mol. The van der Waals surface area contributed by atoms with E-state index in [2.05, 4.69) is 9.71 Å². The summed E-state index contributed by atoms with van der Waals surface area (Å²) < 4.78 is 26.7. The zero-order chi connectivity index (χ0) is 14.8. The lowest BCUT2D eigenvalue weighted by Gasteiger charge is -2.09. The van der Waals surface area contributed by atoms with Gasteiger partial charge >= 0.3 is 5.97 Å². The lowest BCUT2D eigenvalue weighted by Crippen LogP contribution is -2.16. The van der Waals surface area contributed by atoms with Crippen LogP contribution < -0.4 is 4.72 Å². The van der Waals surface area contributed by atoms with Gasteiger partial charge in [-0.05, 0) is 30.7 Å². The predicted molar refractivity (Wildman–Crippen MR) is 73.2 cm³/mol. The molecule has 0 bridgehead atoms. The zero-order valence-corrected chi connectivity index (χ0v) is 11.4. The molecule has 0 fully saturated rings. The Kier molecular flexibility index (Phi) is 3.71. The molecule has 1 aromatic carbocycles. The van der Waals surface area contributed by atoms with Gasteiger partial charge in [0.15, 0.2) is 5.69 Å². The second-order valence-corrected chi connectivity index (χ2v) is 5.74. The average molecular weight is 292 g/mol. The summed E-state index contributed by atoms with van der Waals surface area (Å²) in [4.78, 5) is 14.7. The molecule has 104 valence electrons. The van der Waals surface area contributed by atoms with Crippen LogP contribution >= 0.6 is 0 Å². The van der Waals surface area contributed by atoms with Crippen LogP contribution in [-0.4, -0.2) is 24.5 Å². The highest BCUT2D eigenvalue weighted by Crippen LogP contribution is 2.18. The van der Waals surface area contributed by atoms with Crippen molar-refractivity contribution in [2.45, 2.75) is 11.8 Å². The van der Waals surface area contributed by atoms with E-state index >= 15 is 0 Å². The maximum absolute atomic E-state index is 12.2. The quantitative estimate of drug-likeness (QED) is 0.897. The first-order chi connectivity index (χ1) is 9.40. The highest BCUT2D eigenvalue weighted by atomic mass is 32.2.